The van der Waals surface area contributed by atoms with Crippen molar-refractivity contribution in [2.75, 3.05) is 13.2 Å². The van der Waals surface area contributed by atoms with E-state index in [2.05, 4.69) is 27.7 Å². The zero-order valence-electron chi connectivity index (χ0n) is 36.7. The second kappa shape index (κ2) is 42.6. The van der Waals surface area contributed by atoms with Gasteiger partial charge in [0.05, 0.1) is 0 Å². The van der Waals surface area contributed by atoms with Crippen molar-refractivity contribution in [3.8, 4) is 0 Å². The first-order valence-electron chi connectivity index (χ1n) is 23.9. The maximum atomic E-state index is 12.6. The average molecular weight is 765 g/mol. The minimum Gasteiger partial charge on any atom is -0.462 e. The molecule has 0 aromatic rings. The third-order valence-electron chi connectivity index (χ3n) is 11.2. The molecule has 0 spiro atoms. The minimum atomic E-state index is -0.758. The van der Waals surface area contributed by atoms with Gasteiger partial charge < -0.3 is 14.2 Å². The fourth-order valence-corrected chi connectivity index (χ4v) is 7.12. The molecular weight excluding hydrogens is 673 g/mol. The molecule has 0 aliphatic rings. The van der Waals surface area contributed by atoms with Gasteiger partial charge in [-0.1, -0.05) is 227 Å². The van der Waals surface area contributed by atoms with E-state index in [-0.39, 0.29) is 31.1 Å². The summed E-state index contributed by atoms with van der Waals surface area (Å²) in [4.78, 5) is 37.6. The van der Waals surface area contributed by atoms with Gasteiger partial charge in [0.15, 0.2) is 6.10 Å². The quantitative estimate of drug-likeness (QED) is 0.0349. The highest BCUT2D eigenvalue weighted by Crippen LogP contribution is 2.17. The number of carbonyl (C=O) groups is 3. The Kier molecular flexibility index (Phi) is 41.3. The van der Waals surface area contributed by atoms with Gasteiger partial charge in [-0.25, -0.2) is 0 Å². The summed E-state index contributed by atoms with van der Waals surface area (Å²) in [6.45, 7) is 9.00. The van der Waals surface area contributed by atoms with Gasteiger partial charge in [-0.3, -0.25) is 14.4 Å². The van der Waals surface area contributed by atoms with Gasteiger partial charge >= 0.3 is 17.9 Å². The molecule has 0 amide bonds. The minimum absolute atomic E-state index is 0.0639. The van der Waals surface area contributed by atoms with Crippen molar-refractivity contribution in [1.29, 1.82) is 0 Å². The van der Waals surface area contributed by atoms with Crippen molar-refractivity contribution >= 4 is 17.9 Å². The molecule has 1 unspecified atom stereocenters. The highest BCUT2D eigenvalue weighted by Gasteiger charge is 2.19. The molecule has 0 radical (unpaired) electrons. The van der Waals surface area contributed by atoms with E-state index in [0.717, 1.165) is 63.7 Å². The van der Waals surface area contributed by atoms with Crippen molar-refractivity contribution in [2.45, 2.75) is 271 Å². The fourth-order valence-electron chi connectivity index (χ4n) is 7.12. The summed E-state index contributed by atoms with van der Waals surface area (Å²) in [6, 6.07) is 0. The van der Waals surface area contributed by atoms with E-state index in [4.69, 9.17) is 14.2 Å². The first-order chi connectivity index (χ1) is 26.4. The predicted molar refractivity (Wildman–Crippen MR) is 229 cm³/mol. The van der Waals surface area contributed by atoms with E-state index in [1.165, 1.54) is 161 Å². The molecule has 6 nitrogen and oxygen atoms in total. The summed E-state index contributed by atoms with van der Waals surface area (Å²) in [5.74, 6) is 0.0377. The molecule has 0 rings (SSSR count). The molecule has 0 bridgehead atoms. The van der Waals surface area contributed by atoms with Crippen LogP contribution in [-0.4, -0.2) is 37.2 Å². The fraction of sp³-hybridized carbons (Fsp3) is 0.938. The second-order valence-corrected chi connectivity index (χ2v) is 16.6. The SMILES string of the molecule is CCCCCCCCCCCCCC(=O)OC[C@@H](COC(=O)CCCCCCCCCCCCCCCCC(C)CC)OC(=O)CCCCCCCCC. The summed E-state index contributed by atoms with van der Waals surface area (Å²) in [5.41, 5.74) is 0. The largest absolute Gasteiger partial charge is 0.462 e. The molecule has 0 saturated carbocycles. The van der Waals surface area contributed by atoms with Crippen LogP contribution >= 0.6 is 0 Å². The van der Waals surface area contributed by atoms with E-state index in [0.29, 0.717) is 19.3 Å². The second-order valence-electron chi connectivity index (χ2n) is 16.6. The zero-order valence-corrected chi connectivity index (χ0v) is 36.7. The Hall–Kier alpha value is -1.59. The molecule has 0 N–H and O–H groups in total. The van der Waals surface area contributed by atoms with E-state index in [9.17, 15) is 14.4 Å². The molecule has 0 aromatic heterocycles. The third-order valence-corrected chi connectivity index (χ3v) is 11.2. The summed E-state index contributed by atoms with van der Waals surface area (Å²) >= 11 is 0. The highest BCUT2D eigenvalue weighted by atomic mass is 16.6. The normalized spacial score (nSPS) is 12.4. The van der Waals surface area contributed by atoms with Gasteiger partial charge in [0.25, 0.3) is 0 Å². The lowest BCUT2D eigenvalue weighted by molar-refractivity contribution is -0.167. The van der Waals surface area contributed by atoms with Crippen LogP contribution in [0.15, 0.2) is 0 Å². The Balaban J connectivity index is 4.17. The van der Waals surface area contributed by atoms with Gasteiger partial charge in [0.2, 0.25) is 0 Å². The molecule has 320 valence electrons. The van der Waals surface area contributed by atoms with Crippen LogP contribution in [-0.2, 0) is 28.6 Å². The molecule has 2 atom stereocenters. The summed E-state index contributed by atoms with van der Waals surface area (Å²) in [6.07, 6.45) is 42.3. The van der Waals surface area contributed by atoms with E-state index in [1.807, 2.05) is 0 Å². The third kappa shape index (κ3) is 40.1. The van der Waals surface area contributed by atoms with E-state index >= 15 is 0 Å². The number of unbranched alkanes of at least 4 members (excludes halogenated alkanes) is 29. The van der Waals surface area contributed by atoms with Gasteiger partial charge in [-0.05, 0) is 25.2 Å². The van der Waals surface area contributed by atoms with Gasteiger partial charge in [-0.2, -0.15) is 0 Å². The summed E-state index contributed by atoms with van der Waals surface area (Å²) in [7, 11) is 0. The van der Waals surface area contributed by atoms with E-state index < -0.39 is 6.10 Å². The monoisotopic (exact) mass is 765 g/mol. The maximum Gasteiger partial charge on any atom is 0.306 e. The number of ether oxygens (including phenoxy) is 3. The lowest BCUT2D eigenvalue weighted by atomic mass is 9.99. The molecule has 0 fully saturated rings. The summed E-state index contributed by atoms with van der Waals surface area (Å²) < 4.78 is 16.7. The maximum absolute atomic E-state index is 12.6. The first kappa shape index (κ1) is 52.4. The molecule has 0 heterocycles. The van der Waals surface area contributed by atoms with Crippen molar-refractivity contribution in [2.24, 2.45) is 5.92 Å². The number of rotatable bonds is 43. The highest BCUT2D eigenvalue weighted by molar-refractivity contribution is 5.71. The van der Waals surface area contributed by atoms with Crippen LogP contribution in [0.4, 0.5) is 0 Å². The topological polar surface area (TPSA) is 78.9 Å². The van der Waals surface area contributed by atoms with Crippen LogP contribution in [0.1, 0.15) is 265 Å². The Morgan fingerprint density at radius 1 is 0.370 bits per heavy atom. The zero-order chi connectivity index (χ0) is 39.6. The molecule has 0 aliphatic carbocycles. The lowest BCUT2D eigenvalue weighted by Gasteiger charge is -2.18. The Morgan fingerprint density at radius 2 is 0.648 bits per heavy atom. The van der Waals surface area contributed by atoms with Crippen LogP contribution in [0.5, 0.6) is 0 Å². The molecule has 0 aromatic carbocycles. The average Bonchev–Trinajstić information content (AvgIpc) is 3.17. The number of hydrogen-bond acceptors (Lipinski definition) is 6. The van der Waals surface area contributed by atoms with Crippen molar-refractivity contribution in [1.82, 2.24) is 0 Å². The molecule has 6 heteroatoms. The molecule has 54 heavy (non-hydrogen) atoms. The summed E-state index contributed by atoms with van der Waals surface area (Å²) in [5, 5.41) is 0. The van der Waals surface area contributed by atoms with Crippen molar-refractivity contribution in [3.63, 3.8) is 0 Å². The van der Waals surface area contributed by atoms with Crippen LogP contribution < -0.4 is 0 Å². The van der Waals surface area contributed by atoms with E-state index in [1.54, 1.807) is 0 Å². The predicted octanol–water partition coefficient (Wildman–Crippen LogP) is 15.1. The Labute approximate surface area is 336 Å². The van der Waals surface area contributed by atoms with Crippen LogP contribution in [0.25, 0.3) is 0 Å². The van der Waals surface area contributed by atoms with Crippen molar-refractivity contribution in [3.05, 3.63) is 0 Å². The number of esters is 3. The van der Waals surface area contributed by atoms with Crippen LogP contribution in [0.2, 0.25) is 0 Å². The molecule has 0 saturated heterocycles. The smallest absolute Gasteiger partial charge is 0.306 e. The standard InChI is InChI=1S/C48H92O6/c1-5-8-10-12-14-15-20-24-28-31-35-39-46(49)52-42-45(54-48(51)41-37-33-26-13-11-9-6-2)43-53-47(50)40-36-32-29-25-22-19-17-16-18-21-23-27-30-34-38-44(4)7-3/h44-45H,5-43H2,1-4H3/t44?,45-/m0/s1. The number of carbonyl (C=O) groups excluding carboxylic acids is 3. The van der Waals surface area contributed by atoms with Gasteiger partial charge in [0.1, 0.15) is 13.2 Å². The van der Waals surface area contributed by atoms with Crippen LogP contribution in [0.3, 0.4) is 0 Å². The first-order valence-corrected chi connectivity index (χ1v) is 23.9. The van der Waals surface area contributed by atoms with Crippen molar-refractivity contribution < 1.29 is 28.6 Å². The van der Waals surface area contributed by atoms with Crippen LogP contribution in [0, 0.1) is 5.92 Å². The number of hydrogen-bond donors (Lipinski definition) is 0. The molecule has 0 aliphatic heterocycles. The lowest BCUT2D eigenvalue weighted by Crippen LogP contribution is -2.30. The Morgan fingerprint density at radius 3 is 0.963 bits per heavy atom. The van der Waals surface area contributed by atoms with Gasteiger partial charge in [0, 0.05) is 19.3 Å². The Bertz CT molecular complexity index is 813. The van der Waals surface area contributed by atoms with Gasteiger partial charge in [-0.15, -0.1) is 0 Å². The molecular formula is C48H92O6.